The summed E-state index contributed by atoms with van der Waals surface area (Å²) >= 11 is 6.00. The van der Waals surface area contributed by atoms with Crippen LogP contribution in [0.2, 0.25) is 5.02 Å². The first kappa shape index (κ1) is 12.5. The highest BCUT2D eigenvalue weighted by Gasteiger charge is 2.11. The second-order valence-electron chi connectivity index (χ2n) is 4.29. The number of nitrogens with one attached hydrogen (secondary N) is 1. The lowest BCUT2D eigenvalue weighted by atomic mass is 9.97. The van der Waals surface area contributed by atoms with Gasteiger partial charge in [-0.25, -0.2) is 0 Å². The molecule has 2 heteroatoms. The molecule has 0 saturated heterocycles. The number of hydrogen-bond acceptors (Lipinski definition) is 1. The standard InChI is InChI=1S/C13H20ClN/c1-4-15-13(8-10(2)3)11-6-5-7-12(14)9-11/h5-7,9-10,13,15H,4,8H2,1-3H3. The van der Waals surface area contributed by atoms with E-state index in [1.54, 1.807) is 0 Å². The Morgan fingerprint density at radius 2 is 2.07 bits per heavy atom. The molecule has 1 rings (SSSR count). The largest absolute Gasteiger partial charge is 0.310 e. The van der Waals surface area contributed by atoms with Crippen LogP contribution in [-0.4, -0.2) is 6.54 Å². The molecule has 0 saturated carbocycles. The molecule has 0 amide bonds. The van der Waals surface area contributed by atoms with Gasteiger partial charge in [-0.05, 0) is 36.6 Å². The van der Waals surface area contributed by atoms with Crippen molar-refractivity contribution >= 4 is 11.6 Å². The van der Waals surface area contributed by atoms with E-state index in [4.69, 9.17) is 11.6 Å². The number of halogens is 1. The summed E-state index contributed by atoms with van der Waals surface area (Å²) < 4.78 is 0. The third kappa shape index (κ3) is 4.23. The van der Waals surface area contributed by atoms with Crippen molar-refractivity contribution in [2.75, 3.05) is 6.54 Å². The van der Waals surface area contributed by atoms with E-state index in [0.29, 0.717) is 12.0 Å². The molecule has 1 nitrogen and oxygen atoms in total. The average molecular weight is 226 g/mol. The van der Waals surface area contributed by atoms with E-state index in [9.17, 15) is 0 Å². The molecular formula is C13H20ClN. The summed E-state index contributed by atoms with van der Waals surface area (Å²) in [6, 6.07) is 8.55. The second kappa shape index (κ2) is 6.14. The Morgan fingerprint density at radius 1 is 1.33 bits per heavy atom. The Morgan fingerprint density at radius 3 is 2.60 bits per heavy atom. The normalized spacial score (nSPS) is 13.1. The zero-order valence-electron chi connectivity index (χ0n) is 9.76. The Balaban J connectivity index is 2.78. The molecule has 15 heavy (non-hydrogen) atoms. The van der Waals surface area contributed by atoms with E-state index < -0.39 is 0 Å². The topological polar surface area (TPSA) is 12.0 Å². The third-order valence-corrected chi connectivity index (χ3v) is 2.64. The molecule has 0 aliphatic carbocycles. The average Bonchev–Trinajstić information content (AvgIpc) is 2.16. The first-order chi connectivity index (χ1) is 7.13. The van der Waals surface area contributed by atoms with Gasteiger partial charge in [0.1, 0.15) is 0 Å². The monoisotopic (exact) mass is 225 g/mol. The lowest BCUT2D eigenvalue weighted by molar-refractivity contribution is 0.438. The Hall–Kier alpha value is -0.530. The highest BCUT2D eigenvalue weighted by atomic mass is 35.5. The second-order valence-corrected chi connectivity index (χ2v) is 4.73. The van der Waals surface area contributed by atoms with Gasteiger partial charge in [0, 0.05) is 11.1 Å². The van der Waals surface area contributed by atoms with Gasteiger partial charge in [0.15, 0.2) is 0 Å². The molecule has 1 unspecified atom stereocenters. The maximum absolute atomic E-state index is 6.00. The van der Waals surface area contributed by atoms with Crippen LogP contribution >= 0.6 is 11.6 Å². The van der Waals surface area contributed by atoms with Gasteiger partial charge >= 0.3 is 0 Å². The van der Waals surface area contributed by atoms with Crippen molar-refractivity contribution in [1.82, 2.24) is 5.32 Å². The third-order valence-electron chi connectivity index (χ3n) is 2.41. The minimum atomic E-state index is 0.425. The molecule has 1 N–H and O–H groups in total. The van der Waals surface area contributed by atoms with Crippen LogP contribution in [0.4, 0.5) is 0 Å². The summed E-state index contributed by atoms with van der Waals surface area (Å²) in [6.07, 6.45) is 1.15. The Labute approximate surface area is 97.8 Å². The molecule has 0 spiro atoms. The molecular weight excluding hydrogens is 206 g/mol. The highest BCUT2D eigenvalue weighted by molar-refractivity contribution is 6.30. The number of rotatable bonds is 5. The van der Waals surface area contributed by atoms with Crippen LogP contribution < -0.4 is 5.32 Å². The van der Waals surface area contributed by atoms with Gasteiger partial charge in [-0.1, -0.05) is 44.5 Å². The van der Waals surface area contributed by atoms with Gasteiger partial charge in [-0.15, -0.1) is 0 Å². The molecule has 1 aromatic carbocycles. The van der Waals surface area contributed by atoms with Gasteiger partial charge in [-0.2, -0.15) is 0 Å². The number of hydrogen-bond donors (Lipinski definition) is 1. The minimum Gasteiger partial charge on any atom is -0.310 e. The first-order valence-corrected chi connectivity index (χ1v) is 6.00. The van der Waals surface area contributed by atoms with Crippen LogP contribution in [0.3, 0.4) is 0 Å². The van der Waals surface area contributed by atoms with Gasteiger partial charge < -0.3 is 5.32 Å². The molecule has 0 aliphatic heterocycles. The molecule has 84 valence electrons. The Bertz CT molecular complexity index is 296. The molecule has 1 atom stereocenters. The fraction of sp³-hybridized carbons (Fsp3) is 0.538. The molecule has 0 radical (unpaired) electrons. The van der Waals surface area contributed by atoms with E-state index in [1.165, 1.54) is 5.56 Å². The smallest absolute Gasteiger partial charge is 0.0409 e. The maximum atomic E-state index is 6.00. The van der Waals surface area contributed by atoms with E-state index in [2.05, 4.69) is 38.2 Å². The lowest BCUT2D eigenvalue weighted by Gasteiger charge is -2.20. The molecule has 0 aliphatic rings. The van der Waals surface area contributed by atoms with Crippen molar-refractivity contribution in [1.29, 1.82) is 0 Å². The van der Waals surface area contributed by atoms with Gasteiger partial charge in [0.2, 0.25) is 0 Å². The Kier molecular flexibility index (Phi) is 5.13. The van der Waals surface area contributed by atoms with Crippen molar-refractivity contribution in [3.63, 3.8) is 0 Å². The summed E-state index contributed by atoms with van der Waals surface area (Å²) in [6.45, 7) is 7.62. The quantitative estimate of drug-likeness (QED) is 0.798. The van der Waals surface area contributed by atoms with Crippen LogP contribution in [0.1, 0.15) is 38.8 Å². The summed E-state index contributed by atoms with van der Waals surface area (Å²) in [5.41, 5.74) is 1.29. The fourth-order valence-corrected chi connectivity index (χ4v) is 1.98. The molecule has 1 aromatic rings. The summed E-state index contributed by atoms with van der Waals surface area (Å²) in [5, 5.41) is 4.32. The van der Waals surface area contributed by atoms with E-state index in [1.807, 2.05) is 12.1 Å². The SMILES string of the molecule is CCNC(CC(C)C)c1cccc(Cl)c1. The van der Waals surface area contributed by atoms with Crippen LogP contribution in [0.5, 0.6) is 0 Å². The first-order valence-electron chi connectivity index (χ1n) is 5.62. The number of benzene rings is 1. The molecule has 0 heterocycles. The van der Waals surface area contributed by atoms with Crippen LogP contribution in [0, 0.1) is 5.92 Å². The predicted molar refractivity (Wildman–Crippen MR) is 67.3 cm³/mol. The minimum absolute atomic E-state index is 0.425. The van der Waals surface area contributed by atoms with Crippen molar-refractivity contribution < 1.29 is 0 Å². The van der Waals surface area contributed by atoms with Crippen LogP contribution in [-0.2, 0) is 0 Å². The summed E-state index contributed by atoms with van der Waals surface area (Å²) in [5.74, 6) is 0.688. The highest BCUT2D eigenvalue weighted by Crippen LogP contribution is 2.23. The fourth-order valence-electron chi connectivity index (χ4n) is 1.78. The van der Waals surface area contributed by atoms with Crippen LogP contribution in [0.15, 0.2) is 24.3 Å². The van der Waals surface area contributed by atoms with Gasteiger partial charge in [-0.3, -0.25) is 0 Å². The zero-order chi connectivity index (χ0) is 11.3. The summed E-state index contributed by atoms with van der Waals surface area (Å²) in [7, 11) is 0. The van der Waals surface area contributed by atoms with Crippen molar-refractivity contribution in [3.8, 4) is 0 Å². The lowest BCUT2D eigenvalue weighted by Crippen LogP contribution is -2.22. The van der Waals surface area contributed by atoms with Gasteiger partial charge in [0.05, 0.1) is 0 Å². The van der Waals surface area contributed by atoms with E-state index >= 15 is 0 Å². The maximum Gasteiger partial charge on any atom is 0.0409 e. The van der Waals surface area contributed by atoms with E-state index in [-0.39, 0.29) is 0 Å². The predicted octanol–water partition coefficient (Wildman–Crippen LogP) is 4.04. The van der Waals surface area contributed by atoms with Crippen molar-refractivity contribution in [2.24, 2.45) is 5.92 Å². The molecule has 0 bridgehead atoms. The molecule has 0 fully saturated rings. The zero-order valence-corrected chi connectivity index (χ0v) is 10.5. The molecule has 0 aromatic heterocycles. The van der Waals surface area contributed by atoms with E-state index in [0.717, 1.165) is 18.0 Å². The van der Waals surface area contributed by atoms with Gasteiger partial charge in [0.25, 0.3) is 0 Å². The van der Waals surface area contributed by atoms with Crippen molar-refractivity contribution in [2.45, 2.75) is 33.2 Å². The van der Waals surface area contributed by atoms with Crippen LogP contribution in [0.25, 0.3) is 0 Å². The van der Waals surface area contributed by atoms with Crippen molar-refractivity contribution in [3.05, 3.63) is 34.9 Å². The summed E-state index contributed by atoms with van der Waals surface area (Å²) in [4.78, 5) is 0.